The van der Waals surface area contributed by atoms with Gasteiger partial charge in [-0.2, -0.15) is 10.5 Å². The van der Waals surface area contributed by atoms with Gasteiger partial charge in [-0.25, -0.2) is 0 Å². The van der Waals surface area contributed by atoms with Gasteiger partial charge in [-0.15, -0.1) is 0 Å². The zero-order valence-electron chi connectivity index (χ0n) is 33.2. The van der Waals surface area contributed by atoms with Crippen molar-refractivity contribution in [1.82, 2.24) is 0 Å². The Bertz CT molecular complexity index is 3600. The van der Waals surface area contributed by atoms with Gasteiger partial charge in [-0.05, 0) is 124 Å². The molecule has 0 saturated carbocycles. The average Bonchev–Trinajstić information content (AvgIpc) is 4.08. The van der Waals surface area contributed by atoms with E-state index in [1.807, 2.05) is 84.9 Å². The summed E-state index contributed by atoms with van der Waals surface area (Å²) in [6.07, 6.45) is 6.91. The molecule has 1 N–H and O–H groups in total. The van der Waals surface area contributed by atoms with Crippen LogP contribution in [0.5, 0.6) is 0 Å². The van der Waals surface area contributed by atoms with Gasteiger partial charge in [0.25, 0.3) is 0 Å². The first-order chi connectivity index (χ1) is 30.6. The average molecular weight is 793 g/mol. The molecule has 3 heterocycles. The number of fused-ring (bicyclic) bond motifs is 9. The highest BCUT2D eigenvalue weighted by atomic mass is 16.3. The van der Waals surface area contributed by atoms with Crippen molar-refractivity contribution in [1.29, 1.82) is 10.5 Å². The van der Waals surface area contributed by atoms with E-state index in [4.69, 9.17) is 8.83 Å². The van der Waals surface area contributed by atoms with Crippen LogP contribution in [0.25, 0.3) is 71.7 Å². The smallest absolute Gasteiger partial charge is 0.414 e. The lowest BCUT2D eigenvalue weighted by atomic mass is 9.56. The van der Waals surface area contributed by atoms with Gasteiger partial charge < -0.3 is 18.9 Å². The Morgan fingerprint density at radius 2 is 1.15 bits per heavy atom. The van der Waals surface area contributed by atoms with E-state index in [9.17, 15) is 10.5 Å². The summed E-state index contributed by atoms with van der Waals surface area (Å²) in [4.78, 5) is 2.35. The fraction of sp³-hybridized carbons (Fsp3) is 0.0182. The highest BCUT2D eigenvalue weighted by Crippen LogP contribution is 2.46. The Kier molecular flexibility index (Phi) is 8.03. The first-order valence-corrected chi connectivity index (χ1v) is 20.7. The number of furan rings is 2. The maximum absolute atomic E-state index is 9.82. The summed E-state index contributed by atoms with van der Waals surface area (Å²) in [6.45, 7) is -0.381. The molecule has 2 aliphatic rings. The Hall–Kier alpha value is -8.52. The van der Waals surface area contributed by atoms with Crippen LogP contribution in [0.4, 0.5) is 17.1 Å². The minimum atomic E-state index is -0.381. The summed E-state index contributed by atoms with van der Waals surface area (Å²) >= 11 is 0. The summed E-state index contributed by atoms with van der Waals surface area (Å²) < 4.78 is 12.6. The van der Waals surface area contributed by atoms with E-state index in [1.165, 1.54) is 5.56 Å². The number of allylic oxidation sites excluding steroid dienone is 4. The molecule has 288 valence electrons. The van der Waals surface area contributed by atoms with Gasteiger partial charge in [0.2, 0.25) is 0 Å². The van der Waals surface area contributed by atoms with Crippen molar-refractivity contribution in [2.75, 3.05) is 10.0 Å². The van der Waals surface area contributed by atoms with Crippen molar-refractivity contribution in [3.8, 4) is 34.4 Å². The van der Waals surface area contributed by atoms with Crippen LogP contribution in [0, 0.1) is 22.7 Å². The van der Waals surface area contributed by atoms with Gasteiger partial charge >= 0.3 is 6.98 Å². The molecule has 62 heavy (non-hydrogen) atoms. The normalized spacial score (nSPS) is 14.2. The molecule has 10 aromatic rings. The van der Waals surface area contributed by atoms with E-state index < -0.39 is 0 Å². The van der Waals surface area contributed by atoms with Crippen LogP contribution in [-0.2, 0) is 0 Å². The number of nitrogens with zero attached hydrogens (tertiary/aromatic N) is 3. The molecule has 1 aliphatic carbocycles. The number of hydrogen-bond acceptors (Lipinski definition) is 6. The molecule has 0 radical (unpaired) electrons. The maximum atomic E-state index is 9.82. The van der Waals surface area contributed by atoms with Crippen molar-refractivity contribution < 1.29 is 8.83 Å². The molecule has 0 bridgehead atoms. The lowest BCUT2D eigenvalue weighted by Crippen LogP contribution is -2.56. The second-order valence-corrected chi connectivity index (χ2v) is 15.9. The quantitative estimate of drug-likeness (QED) is 0.169. The topological polar surface area (TPSA) is 89.1 Å². The minimum Gasteiger partial charge on any atom is -0.456 e. The molecule has 1 unspecified atom stereocenters. The van der Waals surface area contributed by atoms with Gasteiger partial charge in [-0.3, -0.25) is 0 Å². The summed E-state index contributed by atoms with van der Waals surface area (Å²) in [5.41, 5.74) is 16.5. The molecule has 0 amide bonds. The molecule has 12 rings (SSSR count). The van der Waals surface area contributed by atoms with Crippen molar-refractivity contribution in [3.63, 3.8) is 0 Å². The molecule has 7 heteroatoms. The lowest BCUT2D eigenvalue weighted by Gasteiger charge is -2.40. The monoisotopic (exact) mass is 792 g/mol. The third-order valence-electron chi connectivity index (χ3n) is 12.4. The number of anilines is 3. The van der Waals surface area contributed by atoms with E-state index in [1.54, 1.807) is 0 Å². The SMILES string of the molecule is N#Cc1ccc(NB2c3c(cccc3C3C=CC(c4cccc5oc6ccccc6c45)=C3)-c3cc(-c4cccc5oc6ccccc6c45)ccc3N2c2ccc(C#N)cc2)cc1. The number of nitrogens with one attached hydrogen (secondary N) is 1. The first-order valence-electron chi connectivity index (χ1n) is 20.7. The number of benzene rings is 8. The number of para-hydroxylation sites is 2. The van der Waals surface area contributed by atoms with E-state index in [-0.39, 0.29) is 12.9 Å². The third-order valence-corrected chi connectivity index (χ3v) is 12.4. The highest BCUT2D eigenvalue weighted by molar-refractivity contribution is 6.83. The van der Waals surface area contributed by atoms with Crippen molar-refractivity contribution in [2.24, 2.45) is 0 Å². The van der Waals surface area contributed by atoms with Crippen molar-refractivity contribution >= 4 is 79.0 Å². The summed E-state index contributed by atoms with van der Waals surface area (Å²) in [6, 6.07) is 62.4. The summed E-state index contributed by atoms with van der Waals surface area (Å²) in [5.74, 6) is -0.0442. The summed E-state index contributed by atoms with van der Waals surface area (Å²) in [5, 5.41) is 27.8. The number of rotatable bonds is 6. The molecule has 8 aromatic carbocycles. The Balaban J connectivity index is 1.08. The molecule has 0 fully saturated rings. The Labute approximate surface area is 357 Å². The zero-order valence-corrected chi connectivity index (χ0v) is 33.2. The molecular weight excluding hydrogens is 759 g/mol. The zero-order chi connectivity index (χ0) is 41.3. The van der Waals surface area contributed by atoms with Crippen LogP contribution < -0.4 is 15.5 Å². The van der Waals surface area contributed by atoms with Gasteiger partial charge in [0.05, 0.1) is 23.3 Å². The van der Waals surface area contributed by atoms with Crippen LogP contribution in [0.2, 0.25) is 0 Å². The van der Waals surface area contributed by atoms with Crippen LogP contribution in [0.3, 0.4) is 0 Å². The molecule has 0 saturated heterocycles. The van der Waals surface area contributed by atoms with E-state index in [0.29, 0.717) is 11.1 Å². The molecule has 2 aromatic heterocycles. The lowest BCUT2D eigenvalue weighted by molar-refractivity contribution is 0.668. The molecule has 6 nitrogen and oxygen atoms in total. The molecule has 1 atom stereocenters. The van der Waals surface area contributed by atoms with Gasteiger partial charge in [-0.1, -0.05) is 103 Å². The van der Waals surface area contributed by atoms with Crippen LogP contribution >= 0.6 is 0 Å². The largest absolute Gasteiger partial charge is 0.456 e. The third kappa shape index (κ3) is 5.57. The second-order valence-electron chi connectivity index (χ2n) is 15.9. The second kappa shape index (κ2) is 14.1. The Morgan fingerprint density at radius 1 is 0.548 bits per heavy atom. The first kappa shape index (κ1) is 35.4. The number of nitriles is 2. The van der Waals surface area contributed by atoms with E-state index >= 15 is 0 Å². The fourth-order valence-corrected chi connectivity index (χ4v) is 9.65. The standard InChI is InChI=1S/C55H33BN4O2/c57-32-34-18-25-39(26-19-34)59-56-55-43(37-23-22-36(30-37)41-10-6-16-51-53(41)45-8-1-3-14-49(45)61-51)12-5-13-44(55)47-31-38(24-29-48(47)60(56)40-27-20-35(33-58)21-28-40)42-11-7-17-52-54(42)46-9-2-4-15-50(46)62-52/h1-31,37,59H. The Morgan fingerprint density at radius 3 is 1.84 bits per heavy atom. The summed E-state index contributed by atoms with van der Waals surface area (Å²) in [7, 11) is 0. The molecular formula is C55H33BN4O2. The van der Waals surface area contributed by atoms with E-state index in [0.717, 1.165) is 99.8 Å². The van der Waals surface area contributed by atoms with Crippen LogP contribution in [0.1, 0.15) is 28.2 Å². The van der Waals surface area contributed by atoms with Crippen molar-refractivity contribution in [2.45, 2.75) is 5.92 Å². The van der Waals surface area contributed by atoms with Gasteiger partial charge in [0.1, 0.15) is 22.3 Å². The number of hydrogen-bond donors (Lipinski definition) is 1. The van der Waals surface area contributed by atoms with E-state index in [2.05, 4.69) is 125 Å². The van der Waals surface area contributed by atoms with Crippen LogP contribution in [0.15, 0.2) is 197 Å². The predicted molar refractivity (Wildman–Crippen MR) is 252 cm³/mol. The van der Waals surface area contributed by atoms with Crippen molar-refractivity contribution in [3.05, 3.63) is 210 Å². The minimum absolute atomic E-state index is 0.0442. The fourth-order valence-electron chi connectivity index (χ4n) is 9.65. The predicted octanol–water partition coefficient (Wildman–Crippen LogP) is 13.3. The van der Waals surface area contributed by atoms with Gasteiger partial charge in [0, 0.05) is 50.1 Å². The molecule has 1 aliphatic heterocycles. The molecule has 0 spiro atoms. The van der Waals surface area contributed by atoms with Crippen LogP contribution in [-0.4, -0.2) is 6.98 Å². The highest BCUT2D eigenvalue weighted by Gasteiger charge is 2.40. The maximum Gasteiger partial charge on any atom is 0.414 e. The van der Waals surface area contributed by atoms with Gasteiger partial charge in [0.15, 0.2) is 0 Å².